The van der Waals surface area contributed by atoms with Gasteiger partial charge in [0.15, 0.2) is 0 Å². The van der Waals surface area contributed by atoms with E-state index >= 15 is 0 Å². The third kappa shape index (κ3) is 3.80. The zero-order valence-electron chi connectivity index (χ0n) is 14.2. The van der Waals surface area contributed by atoms with E-state index < -0.39 is 0 Å². The predicted octanol–water partition coefficient (Wildman–Crippen LogP) is 3.05. The number of rotatable bonds is 6. The summed E-state index contributed by atoms with van der Waals surface area (Å²) >= 11 is 0. The van der Waals surface area contributed by atoms with E-state index in [0.717, 1.165) is 27.8 Å². The molecule has 3 aromatic rings. The second kappa shape index (κ2) is 7.53. The Morgan fingerprint density at radius 3 is 2.80 bits per heavy atom. The quantitative estimate of drug-likeness (QED) is 0.478. The molecule has 0 aliphatic carbocycles. The predicted molar refractivity (Wildman–Crippen MR) is 100 cm³/mol. The van der Waals surface area contributed by atoms with Crippen molar-refractivity contribution in [2.24, 2.45) is 5.10 Å². The Hall–Kier alpha value is -3.28. The lowest BCUT2D eigenvalue weighted by Gasteiger charge is -2.09. The summed E-state index contributed by atoms with van der Waals surface area (Å²) in [6.07, 6.45) is 1.66. The fourth-order valence-electron chi connectivity index (χ4n) is 2.64. The minimum atomic E-state index is -0.236. The standard InChI is InChI=1S/C19H20N4O2/c1-13-15(14-7-3-4-8-16(14)22-13)11-21-23-19(24)12-20-17-9-5-6-10-18(17)25-2/h3-11,20,22H,12H2,1-2H3,(H,23,24)/b21-11-. The average molecular weight is 336 g/mol. The Balaban J connectivity index is 1.60. The normalized spacial score (nSPS) is 11.0. The lowest BCUT2D eigenvalue weighted by atomic mass is 10.1. The molecular formula is C19H20N4O2. The number of fused-ring (bicyclic) bond motifs is 1. The first-order chi connectivity index (χ1) is 12.2. The SMILES string of the molecule is COc1ccccc1NCC(=O)N/N=C\c1c(C)[nH]c2ccccc12. The van der Waals surface area contributed by atoms with Crippen molar-refractivity contribution in [2.75, 3.05) is 19.0 Å². The van der Waals surface area contributed by atoms with E-state index in [-0.39, 0.29) is 12.5 Å². The van der Waals surface area contributed by atoms with Crippen LogP contribution < -0.4 is 15.5 Å². The molecule has 0 bridgehead atoms. The topological polar surface area (TPSA) is 78.5 Å². The molecule has 128 valence electrons. The zero-order chi connectivity index (χ0) is 17.6. The van der Waals surface area contributed by atoms with Crippen molar-refractivity contribution < 1.29 is 9.53 Å². The molecule has 3 rings (SSSR count). The number of methoxy groups -OCH3 is 1. The number of carbonyl (C=O) groups excluding carboxylic acids is 1. The molecular weight excluding hydrogens is 316 g/mol. The van der Waals surface area contributed by atoms with Crippen molar-refractivity contribution >= 4 is 28.7 Å². The number of hydrazone groups is 1. The van der Waals surface area contributed by atoms with Crippen LogP contribution >= 0.6 is 0 Å². The van der Waals surface area contributed by atoms with Gasteiger partial charge in [-0.3, -0.25) is 4.79 Å². The summed E-state index contributed by atoms with van der Waals surface area (Å²) in [5.74, 6) is 0.452. The van der Waals surface area contributed by atoms with Crippen LogP contribution in [0.2, 0.25) is 0 Å². The second-order valence-corrected chi connectivity index (χ2v) is 5.56. The highest BCUT2D eigenvalue weighted by molar-refractivity contribution is 6.00. The fourth-order valence-corrected chi connectivity index (χ4v) is 2.64. The molecule has 6 heteroatoms. The summed E-state index contributed by atoms with van der Waals surface area (Å²) in [6.45, 7) is 2.08. The van der Waals surface area contributed by atoms with Crippen LogP contribution in [0.25, 0.3) is 10.9 Å². The van der Waals surface area contributed by atoms with Gasteiger partial charge in [0, 0.05) is 22.2 Å². The van der Waals surface area contributed by atoms with Crippen LogP contribution in [0.15, 0.2) is 53.6 Å². The Morgan fingerprint density at radius 1 is 1.20 bits per heavy atom. The monoisotopic (exact) mass is 336 g/mol. The van der Waals surface area contributed by atoms with Crippen LogP contribution in [0.4, 0.5) is 5.69 Å². The van der Waals surface area contributed by atoms with Crippen molar-refractivity contribution in [3.63, 3.8) is 0 Å². The summed E-state index contributed by atoms with van der Waals surface area (Å²) in [6, 6.07) is 15.4. The molecule has 1 amide bonds. The number of benzene rings is 2. The van der Waals surface area contributed by atoms with Crippen LogP contribution in [0, 0.1) is 6.92 Å². The molecule has 2 aromatic carbocycles. The summed E-state index contributed by atoms with van der Waals surface area (Å²) < 4.78 is 5.23. The average Bonchev–Trinajstić information content (AvgIpc) is 2.96. The van der Waals surface area contributed by atoms with E-state index in [9.17, 15) is 4.79 Å². The van der Waals surface area contributed by atoms with E-state index in [2.05, 4.69) is 20.8 Å². The Labute approximate surface area is 145 Å². The fraction of sp³-hybridized carbons (Fsp3) is 0.158. The van der Waals surface area contributed by atoms with Gasteiger partial charge in [0.1, 0.15) is 5.75 Å². The maximum atomic E-state index is 12.0. The van der Waals surface area contributed by atoms with Gasteiger partial charge in [0.2, 0.25) is 0 Å². The number of nitrogens with one attached hydrogen (secondary N) is 3. The van der Waals surface area contributed by atoms with Gasteiger partial charge in [-0.2, -0.15) is 5.10 Å². The van der Waals surface area contributed by atoms with Gasteiger partial charge < -0.3 is 15.0 Å². The minimum Gasteiger partial charge on any atom is -0.495 e. The van der Waals surface area contributed by atoms with E-state index in [4.69, 9.17) is 4.74 Å². The smallest absolute Gasteiger partial charge is 0.259 e. The van der Waals surface area contributed by atoms with Gasteiger partial charge in [-0.15, -0.1) is 0 Å². The number of anilines is 1. The molecule has 0 unspecified atom stereocenters. The van der Waals surface area contributed by atoms with Crippen molar-refractivity contribution in [2.45, 2.75) is 6.92 Å². The maximum absolute atomic E-state index is 12.0. The molecule has 0 fully saturated rings. The molecule has 0 aliphatic rings. The first-order valence-electron chi connectivity index (χ1n) is 7.95. The molecule has 1 aromatic heterocycles. The summed E-state index contributed by atoms with van der Waals surface area (Å²) in [7, 11) is 1.59. The number of amides is 1. The first kappa shape index (κ1) is 16.6. The van der Waals surface area contributed by atoms with E-state index in [1.165, 1.54) is 0 Å². The Bertz CT molecular complexity index is 915. The van der Waals surface area contributed by atoms with Gasteiger partial charge >= 0.3 is 0 Å². The lowest BCUT2D eigenvalue weighted by molar-refractivity contribution is -0.119. The molecule has 3 N–H and O–H groups in total. The minimum absolute atomic E-state index is 0.102. The maximum Gasteiger partial charge on any atom is 0.259 e. The van der Waals surface area contributed by atoms with Gasteiger partial charge in [0.05, 0.1) is 25.6 Å². The number of carbonyl (C=O) groups is 1. The Kier molecular flexibility index (Phi) is 4.99. The second-order valence-electron chi connectivity index (χ2n) is 5.56. The summed E-state index contributed by atoms with van der Waals surface area (Å²) in [4.78, 5) is 15.3. The van der Waals surface area contributed by atoms with Crippen molar-refractivity contribution in [3.8, 4) is 5.75 Å². The zero-order valence-corrected chi connectivity index (χ0v) is 14.2. The molecule has 0 saturated heterocycles. The number of hydrogen-bond donors (Lipinski definition) is 3. The largest absolute Gasteiger partial charge is 0.495 e. The van der Waals surface area contributed by atoms with E-state index in [1.807, 2.05) is 55.5 Å². The van der Waals surface area contributed by atoms with E-state index in [0.29, 0.717) is 5.75 Å². The molecule has 0 aliphatic heterocycles. The third-order valence-electron chi connectivity index (χ3n) is 3.87. The highest BCUT2D eigenvalue weighted by Crippen LogP contribution is 2.22. The van der Waals surface area contributed by atoms with Crippen molar-refractivity contribution in [3.05, 3.63) is 59.8 Å². The summed E-state index contributed by atoms with van der Waals surface area (Å²) in [5.41, 5.74) is 6.31. The van der Waals surface area contributed by atoms with Crippen LogP contribution in [0.1, 0.15) is 11.3 Å². The molecule has 0 spiro atoms. The number of para-hydroxylation sites is 3. The number of aromatic amines is 1. The van der Waals surface area contributed by atoms with Crippen LogP contribution in [0.5, 0.6) is 5.75 Å². The Morgan fingerprint density at radius 2 is 1.96 bits per heavy atom. The third-order valence-corrected chi connectivity index (χ3v) is 3.87. The molecule has 0 radical (unpaired) electrons. The number of hydrogen-bond acceptors (Lipinski definition) is 4. The van der Waals surface area contributed by atoms with Crippen LogP contribution in [-0.2, 0) is 4.79 Å². The van der Waals surface area contributed by atoms with E-state index in [1.54, 1.807) is 13.3 Å². The number of aromatic nitrogens is 1. The van der Waals surface area contributed by atoms with Gasteiger partial charge in [-0.25, -0.2) is 5.43 Å². The molecule has 0 saturated carbocycles. The number of nitrogens with zero attached hydrogens (tertiary/aromatic N) is 1. The number of H-pyrrole nitrogens is 1. The van der Waals surface area contributed by atoms with Crippen molar-refractivity contribution in [1.82, 2.24) is 10.4 Å². The van der Waals surface area contributed by atoms with Gasteiger partial charge in [0.25, 0.3) is 5.91 Å². The molecule has 0 atom stereocenters. The van der Waals surface area contributed by atoms with Crippen molar-refractivity contribution in [1.29, 1.82) is 0 Å². The highest BCUT2D eigenvalue weighted by Gasteiger charge is 2.06. The first-order valence-corrected chi connectivity index (χ1v) is 7.95. The van der Waals surface area contributed by atoms with Crippen LogP contribution in [-0.4, -0.2) is 30.8 Å². The molecule has 25 heavy (non-hydrogen) atoms. The molecule has 6 nitrogen and oxygen atoms in total. The summed E-state index contributed by atoms with van der Waals surface area (Å²) in [5, 5.41) is 8.17. The number of aryl methyl sites for hydroxylation is 1. The lowest BCUT2D eigenvalue weighted by Crippen LogP contribution is -2.26. The highest BCUT2D eigenvalue weighted by atomic mass is 16.5. The number of ether oxygens (including phenoxy) is 1. The molecule has 1 heterocycles. The van der Waals surface area contributed by atoms with Crippen LogP contribution in [0.3, 0.4) is 0 Å². The van der Waals surface area contributed by atoms with Gasteiger partial charge in [-0.1, -0.05) is 30.3 Å². The van der Waals surface area contributed by atoms with Gasteiger partial charge in [-0.05, 0) is 25.1 Å².